The number of unbranched alkanes of at least 4 members (excludes halogenated alkanes) is 1. The molecular formula is C17H25N5OS. The van der Waals surface area contributed by atoms with Crippen molar-refractivity contribution in [1.29, 1.82) is 0 Å². The second-order valence-corrected chi connectivity index (χ2v) is 6.57. The lowest BCUT2D eigenvalue weighted by molar-refractivity contribution is 0.585. The van der Waals surface area contributed by atoms with E-state index in [1.165, 1.54) is 4.88 Å². The Labute approximate surface area is 146 Å². The molecule has 0 aromatic carbocycles. The third kappa shape index (κ3) is 5.81. The van der Waals surface area contributed by atoms with E-state index < -0.39 is 0 Å². The van der Waals surface area contributed by atoms with Crippen LogP contribution in [0.3, 0.4) is 0 Å². The summed E-state index contributed by atoms with van der Waals surface area (Å²) >= 11 is 1.73. The number of guanidine groups is 1. The maximum absolute atomic E-state index is 11.6. The Bertz CT molecular complexity index is 707. The van der Waals surface area contributed by atoms with Gasteiger partial charge in [-0.2, -0.15) is 0 Å². The number of hydrogen-bond acceptors (Lipinski definition) is 4. The van der Waals surface area contributed by atoms with Gasteiger partial charge in [-0.15, -0.1) is 11.3 Å². The van der Waals surface area contributed by atoms with Crippen molar-refractivity contribution in [2.24, 2.45) is 4.99 Å². The highest BCUT2D eigenvalue weighted by Crippen LogP contribution is 2.12. The Morgan fingerprint density at radius 3 is 2.92 bits per heavy atom. The average molecular weight is 347 g/mol. The van der Waals surface area contributed by atoms with Crippen LogP contribution in [0, 0.1) is 0 Å². The minimum absolute atomic E-state index is 0.0535. The van der Waals surface area contributed by atoms with Crippen LogP contribution < -0.4 is 16.2 Å². The number of thiazole rings is 1. The largest absolute Gasteiger partial charge is 0.356 e. The SMILES string of the molecule is CCc1cnc(CNC(=NC)NCCCCn2ccccc2=O)s1. The normalized spacial score (nSPS) is 11.5. The Morgan fingerprint density at radius 1 is 1.33 bits per heavy atom. The highest BCUT2D eigenvalue weighted by molar-refractivity contribution is 7.11. The number of nitrogens with one attached hydrogen (secondary N) is 2. The number of rotatable bonds is 8. The Balaban J connectivity index is 1.64. The van der Waals surface area contributed by atoms with Crippen LogP contribution in [0.1, 0.15) is 29.7 Å². The second kappa shape index (κ2) is 9.87. The summed E-state index contributed by atoms with van der Waals surface area (Å²) in [7, 11) is 1.76. The van der Waals surface area contributed by atoms with Gasteiger partial charge in [-0.1, -0.05) is 13.0 Å². The van der Waals surface area contributed by atoms with Gasteiger partial charge >= 0.3 is 0 Å². The van der Waals surface area contributed by atoms with Gasteiger partial charge in [0, 0.05) is 43.5 Å². The van der Waals surface area contributed by atoms with Gasteiger partial charge in [0.25, 0.3) is 0 Å². The number of pyridine rings is 1. The fourth-order valence-corrected chi connectivity index (χ4v) is 3.03. The van der Waals surface area contributed by atoms with Crippen molar-refractivity contribution >= 4 is 17.3 Å². The molecule has 0 saturated heterocycles. The minimum atomic E-state index is 0.0535. The summed E-state index contributed by atoms with van der Waals surface area (Å²) in [5.41, 5.74) is 0.0535. The van der Waals surface area contributed by atoms with E-state index in [1.54, 1.807) is 35.1 Å². The molecule has 0 aliphatic heterocycles. The van der Waals surface area contributed by atoms with Crippen molar-refractivity contribution in [3.8, 4) is 0 Å². The molecule has 0 aliphatic carbocycles. The highest BCUT2D eigenvalue weighted by atomic mass is 32.1. The van der Waals surface area contributed by atoms with Crippen molar-refractivity contribution in [3.63, 3.8) is 0 Å². The van der Waals surface area contributed by atoms with Crippen molar-refractivity contribution in [3.05, 3.63) is 50.8 Å². The van der Waals surface area contributed by atoms with Gasteiger partial charge in [0.1, 0.15) is 5.01 Å². The third-order valence-electron chi connectivity index (χ3n) is 3.60. The van der Waals surface area contributed by atoms with Crippen molar-refractivity contribution in [1.82, 2.24) is 20.2 Å². The first kappa shape index (κ1) is 18.2. The number of hydrogen-bond donors (Lipinski definition) is 2. The van der Waals surface area contributed by atoms with Gasteiger partial charge in [-0.25, -0.2) is 4.98 Å². The monoisotopic (exact) mass is 347 g/mol. The fraction of sp³-hybridized carbons (Fsp3) is 0.471. The molecule has 0 radical (unpaired) electrons. The first-order chi connectivity index (χ1) is 11.7. The van der Waals surface area contributed by atoms with Crippen molar-refractivity contribution in [2.45, 2.75) is 39.3 Å². The lowest BCUT2D eigenvalue weighted by atomic mass is 10.3. The molecule has 130 valence electrons. The minimum Gasteiger partial charge on any atom is -0.356 e. The van der Waals surface area contributed by atoms with E-state index in [-0.39, 0.29) is 5.56 Å². The van der Waals surface area contributed by atoms with E-state index in [0.29, 0.717) is 6.54 Å². The molecule has 24 heavy (non-hydrogen) atoms. The maximum atomic E-state index is 11.6. The summed E-state index contributed by atoms with van der Waals surface area (Å²) in [6, 6.07) is 5.24. The zero-order valence-corrected chi connectivity index (χ0v) is 15.1. The van der Waals surface area contributed by atoms with Crippen molar-refractivity contribution in [2.75, 3.05) is 13.6 Å². The first-order valence-corrected chi connectivity index (χ1v) is 9.08. The van der Waals surface area contributed by atoms with E-state index in [2.05, 4.69) is 27.5 Å². The molecule has 2 heterocycles. The predicted molar refractivity (Wildman–Crippen MR) is 99.6 cm³/mol. The molecule has 0 amide bonds. The molecular weight excluding hydrogens is 322 g/mol. The molecule has 0 saturated carbocycles. The van der Waals surface area contributed by atoms with E-state index in [0.717, 1.165) is 43.3 Å². The Hall–Kier alpha value is -2.15. The van der Waals surface area contributed by atoms with E-state index in [4.69, 9.17) is 0 Å². The van der Waals surface area contributed by atoms with Gasteiger partial charge in [0.05, 0.1) is 6.54 Å². The summed E-state index contributed by atoms with van der Waals surface area (Å²) in [6.45, 7) is 4.38. The van der Waals surface area contributed by atoms with Crippen LogP contribution in [0.4, 0.5) is 0 Å². The summed E-state index contributed by atoms with van der Waals surface area (Å²) in [6.07, 6.45) is 6.70. The average Bonchev–Trinajstić information content (AvgIpc) is 3.07. The topological polar surface area (TPSA) is 71.3 Å². The summed E-state index contributed by atoms with van der Waals surface area (Å²) in [5.74, 6) is 0.778. The molecule has 0 bridgehead atoms. The zero-order valence-electron chi connectivity index (χ0n) is 14.3. The fourth-order valence-electron chi connectivity index (χ4n) is 2.23. The van der Waals surface area contributed by atoms with Gasteiger partial charge in [0.2, 0.25) is 5.56 Å². The molecule has 2 aromatic rings. The summed E-state index contributed by atoms with van der Waals surface area (Å²) in [5, 5.41) is 7.63. The molecule has 7 heteroatoms. The van der Waals surface area contributed by atoms with Crippen LogP contribution in [0.2, 0.25) is 0 Å². The molecule has 0 unspecified atom stereocenters. The molecule has 0 atom stereocenters. The van der Waals surface area contributed by atoms with Gasteiger partial charge in [-0.3, -0.25) is 9.79 Å². The number of aromatic nitrogens is 2. The summed E-state index contributed by atoms with van der Waals surface area (Å²) in [4.78, 5) is 21.5. The molecule has 2 aromatic heterocycles. The number of aliphatic imine (C=N–C) groups is 1. The van der Waals surface area contributed by atoms with Crippen LogP contribution in [-0.2, 0) is 19.5 Å². The molecule has 2 rings (SSSR count). The van der Waals surface area contributed by atoms with Crippen LogP contribution in [0.5, 0.6) is 0 Å². The van der Waals surface area contributed by atoms with Crippen LogP contribution in [-0.4, -0.2) is 29.1 Å². The van der Waals surface area contributed by atoms with Crippen LogP contribution >= 0.6 is 11.3 Å². The van der Waals surface area contributed by atoms with E-state index in [1.807, 2.05) is 18.5 Å². The smallest absolute Gasteiger partial charge is 0.250 e. The molecule has 0 fully saturated rings. The number of nitrogens with zero attached hydrogens (tertiary/aromatic N) is 3. The van der Waals surface area contributed by atoms with Crippen molar-refractivity contribution < 1.29 is 0 Å². The van der Waals surface area contributed by atoms with Crippen LogP contribution in [0.25, 0.3) is 0 Å². The van der Waals surface area contributed by atoms with Crippen LogP contribution in [0.15, 0.2) is 40.4 Å². The van der Waals surface area contributed by atoms with Gasteiger partial charge in [0.15, 0.2) is 5.96 Å². The molecule has 6 nitrogen and oxygen atoms in total. The maximum Gasteiger partial charge on any atom is 0.250 e. The third-order valence-corrected chi connectivity index (χ3v) is 4.74. The Kier molecular flexibility index (Phi) is 7.48. The lowest BCUT2D eigenvalue weighted by Gasteiger charge is -2.11. The molecule has 0 aliphatic rings. The van der Waals surface area contributed by atoms with Gasteiger partial charge in [-0.05, 0) is 25.3 Å². The number of aryl methyl sites for hydroxylation is 2. The standard InChI is InChI=1S/C17H25N5OS/c1-3-14-12-20-15(24-14)13-21-17(18-2)19-9-5-7-11-22-10-6-4-8-16(22)23/h4,6,8,10,12H,3,5,7,9,11,13H2,1-2H3,(H2,18,19,21). The highest BCUT2D eigenvalue weighted by Gasteiger charge is 2.02. The predicted octanol–water partition coefficient (Wildman–Crippen LogP) is 2.01. The zero-order chi connectivity index (χ0) is 17.2. The second-order valence-electron chi connectivity index (χ2n) is 5.37. The van der Waals surface area contributed by atoms with Gasteiger partial charge < -0.3 is 15.2 Å². The quantitative estimate of drug-likeness (QED) is 0.435. The summed E-state index contributed by atoms with van der Waals surface area (Å²) < 4.78 is 1.74. The van der Waals surface area contributed by atoms with E-state index >= 15 is 0 Å². The first-order valence-electron chi connectivity index (χ1n) is 8.26. The molecule has 2 N–H and O–H groups in total. The Morgan fingerprint density at radius 2 is 2.21 bits per heavy atom. The molecule has 0 spiro atoms. The lowest BCUT2D eigenvalue weighted by Crippen LogP contribution is -2.37. The van der Waals surface area contributed by atoms with E-state index in [9.17, 15) is 4.79 Å².